The minimum atomic E-state index is 1.11. The molecule has 0 fully saturated rings. The van der Waals surface area contributed by atoms with Crippen LogP contribution in [0, 0.1) is 0 Å². The van der Waals surface area contributed by atoms with Crippen molar-refractivity contribution < 1.29 is 0 Å². The van der Waals surface area contributed by atoms with Crippen LogP contribution in [0.25, 0.3) is 65.3 Å². The Hall–Kier alpha value is -6.18. The number of rotatable bonds is 5. The maximum atomic E-state index is 2.50. The lowest BCUT2D eigenvalue weighted by Gasteiger charge is -2.31. The summed E-state index contributed by atoms with van der Waals surface area (Å²) in [6.07, 6.45) is 0. The van der Waals surface area contributed by atoms with Gasteiger partial charge in [-0.3, -0.25) is 0 Å². The molecule has 0 aliphatic carbocycles. The van der Waals surface area contributed by atoms with Crippen molar-refractivity contribution in [2.75, 3.05) is 4.90 Å². The third-order valence-electron chi connectivity index (χ3n) is 9.39. The van der Waals surface area contributed by atoms with Crippen molar-refractivity contribution in [2.45, 2.75) is 0 Å². The molecule has 0 bridgehead atoms. The van der Waals surface area contributed by atoms with Gasteiger partial charge in [0, 0.05) is 22.0 Å². The Morgan fingerprint density at radius 1 is 0.298 bits per heavy atom. The molecule has 0 radical (unpaired) electrons. The first kappa shape index (κ1) is 27.2. The molecule has 9 aromatic carbocycles. The molecule has 0 atom stereocenters. The zero-order chi connectivity index (χ0) is 31.2. The summed E-state index contributed by atoms with van der Waals surface area (Å²) in [6.45, 7) is 0. The van der Waals surface area contributed by atoms with Gasteiger partial charge in [0.05, 0.1) is 11.4 Å². The second kappa shape index (κ2) is 11.3. The Morgan fingerprint density at radius 2 is 0.809 bits per heavy atom. The largest absolute Gasteiger partial charge is 0.309 e. The van der Waals surface area contributed by atoms with Crippen LogP contribution in [-0.4, -0.2) is 0 Å². The molecular formula is C46H31N. The molecule has 0 saturated carbocycles. The Kier molecular flexibility index (Phi) is 6.54. The molecule has 0 heterocycles. The van der Waals surface area contributed by atoms with E-state index in [4.69, 9.17) is 0 Å². The number of fused-ring (bicyclic) bond motifs is 4. The highest BCUT2D eigenvalue weighted by Gasteiger charge is 2.23. The minimum Gasteiger partial charge on any atom is -0.309 e. The molecule has 0 saturated heterocycles. The Morgan fingerprint density at radius 3 is 1.51 bits per heavy atom. The highest BCUT2D eigenvalue weighted by molar-refractivity contribution is 6.16. The molecule has 0 spiro atoms. The molecule has 0 aliphatic heterocycles. The van der Waals surface area contributed by atoms with E-state index in [0.29, 0.717) is 0 Å². The predicted octanol–water partition coefficient (Wildman–Crippen LogP) is 13.1. The standard InChI is InChI=1S/C46H31N/c1-2-12-32(13-3-1)34-24-27-40(28-25-34)47(46-42-20-10-7-17-37(42)31-38-18-8-11-21-43(38)46)44-29-26-35-15-6-9-19-41(35)45(44)39-23-22-33-14-4-5-16-36(33)30-39/h1-31H. The number of hydrogen-bond donors (Lipinski definition) is 0. The summed E-state index contributed by atoms with van der Waals surface area (Å²) in [7, 11) is 0. The maximum absolute atomic E-state index is 2.50. The molecule has 1 heteroatoms. The lowest BCUT2D eigenvalue weighted by molar-refractivity contribution is 1.32. The molecule has 9 rings (SSSR count). The van der Waals surface area contributed by atoms with Crippen LogP contribution in [0.5, 0.6) is 0 Å². The summed E-state index contributed by atoms with van der Waals surface area (Å²) in [4.78, 5) is 2.50. The first-order valence-electron chi connectivity index (χ1n) is 16.2. The predicted molar refractivity (Wildman–Crippen MR) is 202 cm³/mol. The normalized spacial score (nSPS) is 11.4. The minimum absolute atomic E-state index is 1.11. The third kappa shape index (κ3) is 4.72. The second-order valence-corrected chi connectivity index (χ2v) is 12.2. The van der Waals surface area contributed by atoms with E-state index in [1.165, 1.54) is 71.0 Å². The molecule has 0 N–H and O–H groups in total. The lowest BCUT2D eigenvalue weighted by Crippen LogP contribution is -2.12. The molecule has 0 unspecified atom stereocenters. The fourth-order valence-corrected chi connectivity index (χ4v) is 7.15. The van der Waals surface area contributed by atoms with Crippen LogP contribution in [0.3, 0.4) is 0 Å². The fourth-order valence-electron chi connectivity index (χ4n) is 7.15. The topological polar surface area (TPSA) is 3.24 Å². The van der Waals surface area contributed by atoms with Crippen molar-refractivity contribution >= 4 is 60.2 Å². The van der Waals surface area contributed by atoms with E-state index in [1.807, 2.05) is 0 Å². The van der Waals surface area contributed by atoms with Crippen molar-refractivity contribution in [2.24, 2.45) is 0 Å². The SMILES string of the molecule is c1ccc(-c2ccc(N(c3ccc4ccccc4c3-c3ccc4ccccc4c3)c3c4ccccc4cc4ccccc34)cc2)cc1. The second-order valence-electron chi connectivity index (χ2n) is 12.2. The van der Waals surface area contributed by atoms with Crippen LogP contribution < -0.4 is 4.90 Å². The van der Waals surface area contributed by atoms with E-state index >= 15 is 0 Å². The molecule has 0 amide bonds. The van der Waals surface area contributed by atoms with Crippen molar-refractivity contribution in [3.8, 4) is 22.3 Å². The highest BCUT2D eigenvalue weighted by Crippen LogP contribution is 2.49. The van der Waals surface area contributed by atoms with Crippen LogP contribution in [0.2, 0.25) is 0 Å². The van der Waals surface area contributed by atoms with E-state index in [9.17, 15) is 0 Å². The quantitative estimate of drug-likeness (QED) is 0.178. The monoisotopic (exact) mass is 597 g/mol. The van der Waals surface area contributed by atoms with Crippen LogP contribution >= 0.6 is 0 Å². The van der Waals surface area contributed by atoms with Gasteiger partial charge in [0.15, 0.2) is 0 Å². The van der Waals surface area contributed by atoms with Crippen molar-refractivity contribution in [3.05, 3.63) is 188 Å². The molecule has 47 heavy (non-hydrogen) atoms. The van der Waals surface area contributed by atoms with Gasteiger partial charge in [-0.15, -0.1) is 0 Å². The van der Waals surface area contributed by atoms with Gasteiger partial charge < -0.3 is 4.90 Å². The van der Waals surface area contributed by atoms with Gasteiger partial charge in [0.2, 0.25) is 0 Å². The summed E-state index contributed by atoms with van der Waals surface area (Å²) in [5.41, 5.74) is 8.28. The molecule has 9 aromatic rings. The van der Waals surface area contributed by atoms with Gasteiger partial charge in [-0.2, -0.15) is 0 Å². The van der Waals surface area contributed by atoms with E-state index in [1.54, 1.807) is 0 Å². The van der Waals surface area contributed by atoms with Crippen LogP contribution in [0.1, 0.15) is 0 Å². The fraction of sp³-hybridized carbons (Fsp3) is 0. The molecular weight excluding hydrogens is 567 g/mol. The van der Waals surface area contributed by atoms with Crippen molar-refractivity contribution in [1.29, 1.82) is 0 Å². The maximum Gasteiger partial charge on any atom is 0.0618 e. The van der Waals surface area contributed by atoms with E-state index < -0.39 is 0 Å². The summed E-state index contributed by atoms with van der Waals surface area (Å²) < 4.78 is 0. The van der Waals surface area contributed by atoms with Gasteiger partial charge in [-0.25, -0.2) is 0 Å². The summed E-state index contributed by atoms with van der Waals surface area (Å²) in [5, 5.41) is 9.81. The van der Waals surface area contributed by atoms with Gasteiger partial charge in [0.1, 0.15) is 0 Å². The average Bonchev–Trinajstić information content (AvgIpc) is 3.15. The lowest BCUT2D eigenvalue weighted by atomic mass is 9.92. The zero-order valence-corrected chi connectivity index (χ0v) is 25.8. The number of hydrogen-bond acceptors (Lipinski definition) is 1. The summed E-state index contributed by atoms with van der Waals surface area (Å²) in [5.74, 6) is 0. The van der Waals surface area contributed by atoms with Crippen LogP contribution in [-0.2, 0) is 0 Å². The number of nitrogens with zero attached hydrogens (tertiary/aromatic N) is 1. The Balaban J connectivity index is 1.39. The van der Waals surface area contributed by atoms with Gasteiger partial charge in [-0.05, 0) is 79.3 Å². The van der Waals surface area contributed by atoms with Crippen molar-refractivity contribution in [3.63, 3.8) is 0 Å². The summed E-state index contributed by atoms with van der Waals surface area (Å²) >= 11 is 0. The first-order valence-corrected chi connectivity index (χ1v) is 16.2. The highest BCUT2D eigenvalue weighted by atomic mass is 15.1. The number of benzene rings is 9. The Bertz CT molecular complexity index is 2510. The third-order valence-corrected chi connectivity index (χ3v) is 9.39. The average molecular weight is 598 g/mol. The van der Waals surface area contributed by atoms with Crippen LogP contribution in [0.15, 0.2) is 188 Å². The number of anilines is 3. The van der Waals surface area contributed by atoms with Crippen molar-refractivity contribution in [1.82, 2.24) is 0 Å². The zero-order valence-electron chi connectivity index (χ0n) is 25.8. The molecule has 220 valence electrons. The van der Waals surface area contributed by atoms with Crippen LogP contribution in [0.4, 0.5) is 17.1 Å². The smallest absolute Gasteiger partial charge is 0.0618 e. The van der Waals surface area contributed by atoms with Gasteiger partial charge in [-0.1, -0.05) is 158 Å². The van der Waals surface area contributed by atoms with E-state index in [2.05, 4.69) is 193 Å². The Labute approximate surface area is 274 Å². The summed E-state index contributed by atoms with van der Waals surface area (Å²) in [6, 6.07) is 68.4. The van der Waals surface area contributed by atoms with Gasteiger partial charge >= 0.3 is 0 Å². The molecule has 0 aliphatic rings. The van der Waals surface area contributed by atoms with E-state index in [0.717, 1.165) is 11.4 Å². The first-order chi connectivity index (χ1) is 23.3. The molecule has 0 aromatic heterocycles. The van der Waals surface area contributed by atoms with E-state index in [-0.39, 0.29) is 0 Å². The van der Waals surface area contributed by atoms with Gasteiger partial charge in [0.25, 0.3) is 0 Å². The molecule has 1 nitrogen and oxygen atoms in total.